The number of esters is 1. The van der Waals surface area contributed by atoms with Crippen LogP contribution in [0.2, 0.25) is 0 Å². The zero-order valence-electron chi connectivity index (χ0n) is 9.38. The number of methoxy groups -OCH3 is 2. The maximum atomic E-state index is 10.7. The van der Waals surface area contributed by atoms with Crippen LogP contribution in [0, 0.1) is 0 Å². The highest BCUT2D eigenvalue weighted by atomic mass is 16.5. The van der Waals surface area contributed by atoms with Crippen LogP contribution in [0.5, 0.6) is 0 Å². The van der Waals surface area contributed by atoms with Gasteiger partial charge in [0.1, 0.15) is 0 Å². The van der Waals surface area contributed by atoms with E-state index in [2.05, 4.69) is 14.8 Å². The minimum atomic E-state index is -0.399. The molecule has 0 heterocycles. The van der Waals surface area contributed by atoms with E-state index in [1.165, 1.54) is 14.2 Å². The fraction of sp³-hybridized carbons (Fsp3) is 0.800. The molecule has 5 nitrogen and oxygen atoms in total. The van der Waals surface area contributed by atoms with Crippen molar-refractivity contribution in [3.8, 4) is 0 Å². The lowest BCUT2D eigenvalue weighted by molar-refractivity contribution is -0.140. The van der Waals surface area contributed by atoms with E-state index in [4.69, 9.17) is 0 Å². The Morgan fingerprint density at radius 3 is 2.27 bits per heavy atom. The van der Waals surface area contributed by atoms with Crippen molar-refractivity contribution in [2.75, 3.05) is 20.8 Å². The fourth-order valence-electron chi connectivity index (χ4n) is 1.11. The standard InChI is InChI=1S/C10H19NO4/c1-14-9(12)7-5-3-4-6-8-11-10(13)15-2/h3-8H2,1-2H3,(H,11,13). The molecule has 0 radical (unpaired) electrons. The lowest BCUT2D eigenvalue weighted by atomic mass is 10.1. The average Bonchev–Trinajstić information content (AvgIpc) is 2.26. The van der Waals surface area contributed by atoms with Crippen molar-refractivity contribution in [1.82, 2.24) is 5.32 Å². The molecule has 0 rings (SSSR count). The molecule has 0 aliphatic carbocycles. The zero-order chi connectivity index (χ0) is 11.5. The quantitative estimate of drug-likeness (QED) is 0.518. The van der Waals surface area contributed by atoms with Gasteiger partial charge in [-0.1, -0.05) is 12.8 Å². The Balaban J connectivity index is 3.11. The van der Waals surface area contributed by atoms with Gasteiger partial charge in [-0.15, -0.1) is 0 Å². The smallest absolute Gasteiger partial charge is 0.406 e. The molecular formula is C10H19NO4. The van der Waals surface area contributed by atoms with Crippen LogP contribution < -0.4 is 5.32 Å². The number of carbonyl (C=O) groups is 2. The Hall–Kier alpha value is -1.26. The molecule has 0 atom stereocenters. The van der Waals surface area contributed by atoms with Gasteiger partial charge >= 0.3 is 12.1 Å². The first-order chi connectivity index (χ1) is 7.20. The third-order valence-electron chi connectivity index (χ3n) is 1.99. The van der Waals surface area contributed by atoms with Gasteiger partial charge in [0.15, 0.2) is 0 Å². The summed E-state index contributed by atoms with van der Waals surface area (Å²) in [6.07, 6.45) is 3.77. The molecule has 1 amide bonds. The van der Waals surface area contributed by atoms with Gasteiger partial charge in [-0.25, -0.2) is 4.79 Å². The first-order valence-electron chi connectivity index (χ1n) is 5.09. The lowest BCUT2D eigenvalue weighted by Crippen LogP contribution is -2.23. The highest BCUT2D eigenvalue weighted by molar-refractivity contribution is 5.69. The van der Waals surface area contributed by atoms with Crippen LogP contribution in [0.25, 0.3) is 0 Å². The van der Waals surface area contributed by atoms with Gasteiger partial charge in [-0.3, -0.25) is 4.79 Å². The number of hydrogen-bond donors (Lipinski definition) is 1. The second-order valence-corrected chi connectivity index (χ2v) is 3.16. The van der Waals surface area contributed by atoms with Crippen LogP contribution in [0.4, 0.5) is 4.79 Å². The van der Waals surface area contributed by atoms with E-state index in [-0.39, 0.29) is 5.97 Å². The maximum Gasteiger partial charge on any atom is 0.406 e. The van der Waals surface area contributed by atoms with Crippen molar-refractivity contribution in [1.29, 1.82) is 0 Å². The first-order valence-corrected chi connectivity index (χ1v) is 5.09. The van der Waals surface area contributed by atoms with Crippen molar-refractivity contribution >= 4 is 12.1 Å². The predicted octanol–water partition coefficient (Wildman–Crippen LogP) is 1.47. The molecule has 0 aromatic heterocycles. The van der Waals surface area contributed by atoms with Crippen LogP contribution in [0.3, 0.4) is 0 Å². The third-order valence-corrected chi connectivity index (χ3v) is 1.99. The van der Waals surface area contributed by atoms with E-state index in [1.807, 2.05) is 0 Å². The zero-order valence-corrected chi connectivity index (χ0v) is 9.38. The van der Waals surface area contributed by atoms with Gasteiger partial charge in [0.2, 0.25) is 0 Å². The number of ether oxygens (including phenoxy) is 2. The van der Waals surface area contributed by atoms with E-state index in [9.17, 15) is 9.59 Å². The summed E-state index contributed by atoms with van der Waals surface area (Å²) in [5.41, 5.74) is 0. The molecule has 0 saturated heterocycles. The number of rotatable bonds is 7. The van der Waals surface area contributed by atoms with Crippen molar-refractivity contribution in [2.24, 2.45) is 0 Å². The van der Waals surface area contributed by atoms with Crippen molar-refractivity contribution in [3.05, 3.63) is 0 Å². The molecule has 0 aliphatic rings. The normalized spacial score (nSPS) is 9.47. The van der Waals surface area contributed by atoms with E-state index in [0.29, 0.717) is 13.0 Å². The number of amides is 1. The molecule has 15 heavy (non-hydrogen) atoms. The Labute approximate surface area is 90.1 Å². The van der Waals surface area contributed by atoms with Gasteiger partial charge in [0.25, 0.3) is 0 Å². The van der Waals surface area contributed by atoms with Gasteiger partial charge in [-0.05, 0) is 12.8 Å². The third kappa shape index (κ3) is 9.05. The van der Waals surface area contributed by atoms with E-state index in [0.717, 1.165) is 25.7 Å². The number of hydrogen-bond acceptors (Lipinski definition) is 4. The molecule has 0 unspecified atom stereocenters. The second-order valence-electron chi connectivity index (χ2n) is 3.16. The molecule has 0 saturated carbocycles. The number of alkyl carbamates (subject to hydrolysis) is 1. The number of carbonyl (C=O) groups excluding carboxylic acids is 2. The molecular weight excluding hydrogens is 198 g/mol. The van der Waals surface area contributed by atoms with Crippen molar-refractivity contribution < 1.29 is 19.1 Å². The van der Waals surface area contributed by atoms with E-state index < -0.39 is 6.09 Å². The molecule has 1 N–H and O–H groups in total. The minimum Gasteiger partial charge on any atom is -0.469 e. The van der Waals surface area contributed by atoms with Crippen molar-refractivity contribution in [2.45, 2.75) is 32.1 Å². The summed E-state index contributed by atoms with van der Waals surface area (Å²) in [4.78, 5) is 21.4. The predicted molar refractivity (Wildman–Crippen MR) is 55.5 cm³/mol. The molecule has 0 fully saturated rings. The fourth-order valence-corrected chi connectivity index (χ4v) is 1.11. The van der Waals surface area contributed by atoms with Crippen LogP contribution >= 0.6 is 0 Å². The maximum absolute atomic E-state index is 10.7. The molecule has 5 heteroatoms. The second kappa shape index (κ2) is 9.30. The summed E-state index contributed by atoms with van der Waals surface area (Å²) in [6.45, 7) is 0.616. The van der Waals surface area contributed by atoms with E-state index in [1.54, 1.807) is 0 Å². The Kier molecular flexibility index (Phi) is 8.52. The Morgan fingerprint density at radius 2 is 1.67 bits per heavy atom. The molecule has 0 spiro atoms. The number of unbranched alkanes of at least 4 members (excludes halogenated alkanes) is 3. The Bertz CT molecular complexity index is 174. The molecule has 0 bridgehead atoms. The summed E-state index contributed by atoms with van der Waals surface area (Å²) in [5.74, 6) is -0.164. The highest BCUT2D eigenvalue weighted by Crippen LogP contribution is 2.03. The average molecular weight is 217 g/mol. The first kappa shape index (κ1) is 13.7. The molecule has 0 aliphatic heterocycles. The van der Waals surface area contributed by atoms with Gasteiger partial charge < -0.3 is 14.8 Å². The monoisotopic (exact) mass is 217 g/mol. The summed E-state index contributed by atoms with van der Waals surface area (Å²) in [5, 5.41) is 2.59. The van der Waals surface area contributed by atoms with E-state index >= 15 is 0 Å². The topological polar surface area (TPSA) is 64.6 Å². The summed E-state index contributed by atoms with van der Waals surface area (Å²) in [6, 6.07) is 0. The summed E-state index contributed by atoms with van der Waals surface area (Å²) in [7, 11) is 2.73. The van der Waals surface area contributed by atoms with Gasteiger partial charge in [0, 0.05) is 13.0 Å². The summed E-state index contributed by atoms with van der Waals surface area (Å²) >= 11 is 0. The van der Waals surface area contributed by atoms with Gasteiger partial charge in [0.05, 0.1) is 14.2 Å². The van der Waals surface area contributed by atoms with Crippen LogP contribution in [0.15, 0.2) is 0 Å². The summed E-state index contributed by atoms with van der Waals surface area (Å²) < 4.78 is 8.92. The van der Waals surface area contributed by atoms with Crippen LogP contribution in [-0.2, 0) is 14.3 Å². The SMILES string of the molecule is COC(=O)CCCCCCNC(=O)OC. The lowest BCUT2D eigenvalue weighted by Gasteiger charge is -2.03. The highest BCUT2D eigenvalue weighted by Gasteiger charge is 1.99. The Morgan fingerprint density at radius 1 is 1.00 bits per heavy atom. The van der Waals surface area contributed by atoms with Crippen molar-refractivity contribution in [3.63, 3.8) is 0 Å². The van der Waals surface area contributed by atoms with Crippen LogP contribution in [0.1, 0.15) is 32.1 Å². The minimum absolute atomic E-state index is 0.164. The molecule has 88 valence electrons. The number of nitrogens with one attached hydrogen (secondary N) is 1. The van der Waals surface area contributed by atoms with Gasteiger partial charge in [-0.2, -0.15) is 0 Å². The molecule has 0 aromatic rings. The largest absolute Gasteiger partial charge is 0.469 e. The molecule has 0 aromatic carbocycles. The van der Waals surface area contributed by atoms with Crippen LogP contribution in [-0.4, -0.2) is 32.8 Å².